The minimum atomic E-state index is -3.70. The van der Waals surface area contributed by atoms with Gasteiger partial charge in [-0.2, -0.15) is 8.42 Å². The Labute approximate surface area is 122 Å². The van der Waals surface area contributed by atoms with Gasteiger partial charge in [0.05, 0.1) is 17.8 Å². The molecule has 0 aliphatic carbocycles. The highest BCUT2D eigenvalue weighted by atomic mass is 32.2. The minimum Gasteiger partial charge on any atom is -0.457 e. The Morgan fingerprint density at radius 2 is 2.10 bits per heavy atom. The molecule has 0 amide bonds. The van der Waals surface area contributed by atoms with E-state index in [1.54, 1.807) is 19.9 Å². The molecule has 2 rings (SSSR count). The van der Waals surface area contributed by atoms with Gasteiger partial charge in [-0.1, -0.05) is 5.16 Å². The summed E-state index contributed by atoms with van der Waals surface area (Å²) in [4.78, 5) is 11.8. The highest BCUT2D eigenvalue weighted by molar-refractivity contribution is 7.88. The van der Waals surface area contributed by atoms with Gasteiger partial charge in [-0.3, -0.25) is 9.52 Å². The Morgan fingerprint density at radius 1 is 1.38 bits per heavy atom. The van der Waals surface area contributed by atoms with Crippen molar-refractivity contribution < 1.29 is 22.5 Å². The fraction of sp³-hybridized carbons (Fsp3) is 0.417. The molecular formula is C12H15N3O5S. The van der Waals surface area contributed by atoms with E-state index < -0.39 is 16.2 Å². The molecule has 8 nitrogen and oxygen atoms in total. The van der Waals surface area contributed by atoms with Gasteiger partial charge in [-0.25, -0.2) is 0 Å². The predicted molar refractivity (Wildman–Crippen MR) is 73.5 cm³/mol. The zero-order valence-electron chi connectivity index (χ0n) is 11.8. The van der Waals surface area contributed by atoms with E-state index in [1.165, 1.54) is 6.92 Å². The lowest BCUT2D eigenvalue weighted by Gasteiger charge is -2.17. The first kappa shape index (κ1) is 15.2. The molecule has 1 aromatic heterocycles. The molecule has 0 fully saturated rings. The van der Waals surface area contributed by atoms with E-state index in [1.807, 2.05) is 0 Å². The Hall–Kier alpha value is -2.16. The van der Waals surface area contributed by atoms with Crippen molar-refractivity contribution in [3.05, 3.63) is 28.8 Å². The number of aryl methyl sites for hydroxylation is 1. The molecule has 1 aromatic rings. The molecule has 114 valence electrons. The van der Waals surface area contributed by atoms with Crippen LogP contribution in [-0.4, -0.2) is 25.3 Å². The normalized spacial score (nSPS) is 17.2. The second-order valence-electron chi connectivity index (χ2n) is 4.63. The van der Waals surface area contributed by atoms with Gasteiger partial charge in [-0.05, 0) is 20.8 Å². The van der Waals surface area contributed by atoms with Crippen LogP contribution in [0.15, 0.2) is 26.3 Å². The summed E-state index contributed by atoms with van der Waals surface area (Å²) in [6, 6.07) is 1.67. The van der Waals surface area contributed by atoms with Gasteiger partial charge in [0, 0.05) is 17.3 Å². The number of aromatic nitrogens is 1. The predicted octanol–water partition coefficient (Wildman–Crippen LogP) is 0.999. The zero-order valence-corrected chi connectivity index (χ0v) is 12.7. The average molecular weight is 313 g/mol. The summed E-state index contributed by atoms with van der Waals surface area (Å²) in [5.41, 5.74) is 1.85. The lowest BCUT2D eigenvalue weighted by Crippen LogP contribution is -2.28. The molecule has 21 heavy (non-hydrogen) atoms. The number of nitrogens with zero attached hydrogens (tertiary/aromatic N) is 2. The van der Waals surface area contributed by atoms with Crippen LogP contribution in [0.2, 0.25) is 0 Å². The van der Waals surface area contributed by atoms with Gasteiger partial charge >= 0.3 is 16.2 Å². The molecule has 0 bridgehead atoms. The summed E-state index contributed by atoms with van der Waals surface area (Å²) in [5.74, 6) is -0.0599. The van der Waals surface area contributed by atoms with Crippen molar-refractivity contribution in [2.24, 2.45) is 4.40 Å². The van der Waals surface area contributed by atoms with Crippen LogP contribution in [-0.2, 0) is 26.3 Å². The molecule has 0 radical (unpaired) electrons. The van der Waals surface area contributed by atoms with Crippen LogP contribution in [0.4, 0.5) is 0 Å². The van der Waals surface area contributed by atoms with Gasteiger partial charge in [0.15, 0.2) is 12.4 Å². The summed E-state index contributed by atoms with van der Waals surface area (Å²) in [6.07, 6.45) is -0.0726. The summed E-state index contributed by atoms with van der Waals surface area (Å²) in [6.45, 7) is 4.84. The lowest BCUT2D eigenvalue weighted by molar-refractivity contribution is -0.144. The first-order valence-corrected chi connectivity index (χ1v) is 7.58. The molecule has 0 atom stereocenters. The summed E-state index contributed by atoms with van der Waals surface area (Å²) >= 11 is 0. The molecule has 0 aromatic carbocycles. The summed E-state index contributed by atoms with van der Waals surface area (Å²) in [7, 11) is -3.70. The van der Waals surface area contributed by atoms with E-state index in [-0.39, 0.29) is 18.7 Å². The monoisotopic (exact) mass is 313 g/mol. The number of hydrogen-bond donors (Lipinski definition) is 1. The SMILES string of the molecule is CC1=NS(=O)(=O)NC(C)=C1CC(=O)OCc1cc(C)no1. The third kappa shape index (κ3) is 3.91. The molecule has 2 heterocycles. The van der Waals surface area contributed by atoms with Crippen LogP contribution in [0.1, 0.15) is 31.7 Å². The van der Waals surface area contributed by atoms with Crippen molar-refractivity contribution in [3.8, 4) is 0 Å². The number of allylic oxidation sites excluding steroid dienone is 1. The highest BCUT2D eigenvalue weighted by Crippen LogP contribution is 2.17. The van der Waals surface area contributed by atoms with Crippen molar-refractivity contribution in [2.75, 3.05) is 0 Å². The van der Waals surface area contributed by atoms with E-state index in [0.29, 0.717) is 22.7 Å². The fourth-order valence-corrected chi connectivity index (χ4v) is 2.90. The number of carbonyl (C=O) groups is 1. The molecule has 0 unspecified atom stereocenters. The third-order valence-electron chi connectivity index (χ3n) is 2.80. The Morgan fingerprint density at radius 3 is 2.67 bits per heavy atom. The van der Waals surface area contributed by atoms with E-state index >= 15 is 0 Å². The van der Waals surface area contributed by atoms with Crippen molar-refractivity contribution >= 4 is 21.9 Å². The van der Waals surface area contributed by atoms with Gasteiger partial charge in [0.25, 0.3) is 0 Å². The first-order chi connectivity index (χ1) is 9.77. The van der Waals surface area contributed by atoms with Crippen molar-refractivity contribution in [3.63, 3.8) is 0 Å². The minimum absolute atomic E-state index is 0.0199. The highest BCUT2D eigenvalue weighted by Gasteiger charge is 2.22. The summed E-state index contributed by atoms with van der Waals surface area (Å²) < 4.78 is 38.4. The molecule has 0 spiro atoms. The average Bonchev–Trinajstić information content (AvgIpc) is 2.76. The quantitative estimate of drug-likeness (QED) is 0.830. The Balaban J connectivity index is 1.98. The molecule has 1 N–H and O–H groups in total. The van der Waals surface area contributed by atoms with E-state index in [9.17, 15) is 13.2 Å². The standard InChI is InChI=1S/C12H15N3O5S/c1-7-4-10(20-13-7)6-19-12(16)5-11-8(2)14-21(17,18)15-9(11)3/h4,14H,5-6H2,1-3H3. The summed E-state index contributed by atoms with van der Waals surface area (Å²) in [5, 5.41) is 3.68. The molecular weight excluding hydrogens is 298 g/mol. The maximum atomic E-state index is 11.8. The number of esters is 1. The topological polar surface area (TPSA) is 111 Å². The first-order valence-electron chi connectivity index (χ1n) is 6.14. The van der Waals surface area contributed by atoms with Gasteiger partial charge in [0.2, 0.25) is 0 Å². The van der Waals surface area contributed by atoms with E-state index in [2.05, 4.69) is 14.3 Å². The number of carbonyl (C=O) groups excluding carboxylic acids is 1. The number of rotatable bonds is 4. The molecule has 1 aliphatic rings. The lowest BCUT2D eigenvalue weighted by atomic mass is 10.1. The van der Waals surface area contributed by atoms with Crippen LogP contribution in [0, 0.1) is 6.92 Å². The molecule has 0 saturated heterocycles. The van der Waals surface area contributed by atoms with Crippen LogP contribution in [0.5, 0.6) is 0 Å². The maximum Gasteiger partial charge on any atom is 0.342 e. The molecule has 9 heteroatoms. The van der Waals surface area contributed by atoms with Crippen LogP contribution < -0.4 is 4.72 Å². The van der Waals surface area contributed by atoms with Crippen molar-refractivity contribution in [1.29, 1.82) is 0 Å². The van der Waals surface area contributed by atoms with Gasteiger partial charge in [-0.15, -0.1) is 4.40 Å². The molecule has 1 aliphatic heterocycles. The van der Waals surface area contributed by atoms with Crippen molar-refractivity contribution in [1.82, 2.24) is 9.88 Å². The smallest absolute Gasteiger partial charge is 0.342 e. The van der Waals surface area contributed by atoms with Crippen molar-refractivity contribution in [2.45, 2.75) is 33.8 Å². The largest absolute Gasteiger partial charge is 0.457 e. The second kappa shape index (κ2) is 5.68. The number of hydrogen-bond acceptors (Lipinski definition) is 6. The van der Waals surface area contributed by atoms with E-state index in [0.717, 1.165) is 0 Å². The Kier molecular flexibility index (Phi) is 4.12. The maximum absolute atomic E-state index is 11.8. The van der Waals surface area contributed by atoms with E-state index in [4.69, 9.17) is 9.26 Å². The Bertz CT molecular complexity index is 730. The molecule has 0 saturated carbocycles. The van der Waals surface area contributed by atoms with Gasteiger partial charge in [0.1, 0.15) is 0 Å². The number of ether oxygens (including phenoxy) is 1. The van der Waals surface area contributed by atoms with Crippen LogP contribution in [0.3, 0.4) is 0 Å². The van der Waals surface area contributed by atoms with Gasteiger partial charge < -0.3 is 9.26 Å². The third-order valence-corrected chi connectivity index (χ3v) is 3.88. The van der Waals surface area contributed by atoms with Crippen LogP contribution in [0.25, 0.3) is 0 Å². The zero-order chi connectivity index (χ0) is 15.6. The second-order valence-corrected chi connectivity index (χ2v) is 5.97. The number of nitrogens with one attached hydrogen (secondary N) is 1. The fourth-order valence-electron chi connectivity index (χ4n) is 1.88. The van der Waals surface area contributed by atoms with Crippen LogP contribution >= 0.6 is 0 Å².